The zero-order valence-corrected chi connectivity index (χ0v) is 12.4. The van der Waals surface area contributed by atoms with Crippen LogP contribution in [-0.4, -0.2) is 38.1 Å². The number of benzene rings is 1. The van der Waals surface area contributed by atoms with Gasteiger partial charge in [-0.15, -0.1) is 0 Å². The van der Waals surface area contributed by atoms with Crippen molar-refractivity contribution in [2.24, 2.45) is 5.92 Å². The molecule has 1 saturated heterocycles. The average molecular weight is 258 g/mol. The third kappa shape index (κ3) is 3.30. The second-order valence-electron chi connectivity index (χ2n) is 6.38. The maximum absolute atomic E-state index is 2.53. The molecule has 0 spiro atoms. The number of hydrogen-bond donors (Lipinski definition) is 0. The fraction of sp³-hybridized carbons (Fsp3) is 0.647. The predicted molar refractivity (Wildman–Crippen MR) is 81.9 cm³/mol. The van der Waals surface area contributed by atoms with Crippen LogP contribution in [0.3, 0.4) is 0 Å². The molecule has 1 saturated carbocycles. The van der Waals surface area contributed by atoms with Gasteiger partial charge in [0.25, 0.3) is 0 Å². The summed E-state index contributed by atoms with van der Waals surface area (Å²) in [7, 11) is 2.21. The SMILES string of the molecule is Cc1cc(N2CCN(C)CC2)ccc1CCC1CC1. The van der Waals surface area contributed by atoms with Gasteiger partial charge >= 0.3 is 0 Å². The minimum absolute atomic E-state index is 1.04. The van der Waals surface area contributed by atoms with E-state index in [9.17, 15) is 0 Å². The molecule has 0 amide bonds. The Morgan fingerprint density at radius 1 is 1.11 bits per heavy atom. The van der Waals surface area contributed by atoms with E-state index in [4.69, 9.17) is 0 Å². The Kier molecular flexibility index (Phi) is 3.79. The maximum Gasteiger partial charge on any atom is 0.0369 e. The molecule has 0 atom stereocenters. The second-order valence-corrected chi connectivity index (χ2v) is 6.38. The minimum atomic E-state index is 1.04. The van der Waals surface area contributed by atoms with Gasteiger partial charge in [0.15, 0.2) is 0 Å². The zero-order valence-electron chi connectivity index (χ0n) is 12.4. The van der Waals surface area contributed by atoms with Crippen LogP contribution in [0.25, 0.3) is 0 Å². The van der Waals surface area contributed by atoms with Crippen LogP contribution in [0.2, 0.25) is 0 Å². The highest BCUT2D eigenvalue weighted by Crippen LogP contribution is 2.34. The van der Waals surface area contributed by atoms with Crippen LogP contribution in [0, 0.1) is 12.8 Å². The van der Waals surface area contributed by atoms with Crippen molar-refractivity contribution in [2.45, 2.75) is 32.6 Å². The Hall–Kier alpha value is -1.02. The van der Waals surface area contributed by atoms with E-state index in [0.29, 0.717) is 0 Å². The summed E-state index contributed by atoms with van der Waals surface area (Å²) in [5.74, 6) is 1.04. The molecule has 0 bridgehead atoms. The topological polar surface area (TPSA) is 6.48 Å². The number of rotatable bonds is 4. The Bertz CT molecular complexity index is 429. The van der Waals surface area contributed by atoms with E-state index in [1.807, 2.05) is 0 Å². The van der Waals surface area contributed by atoms with Crippen molar-refractivity contribution >= 4 is 5.69 Å². The molecule has 0 unspecified atom stereocenters. The van der Waals surface area contributed by atoms with Crippen molar-refractivity contribution in [3.63, 3.8) is 0 Å². The smallest absolute Gasteiger partial charge is 0.0369 e. The molecule has 0 radical (unpaired) electrons. The van der Waals surface area contributed by atoms with Crippen molar-refractivity contribution in [1.82, 2.24) is 4.90 Å². The van der Waals surface area contributed by atoms with E-state index in [-0.39, 0.29) is 0 Å². The normalized spacial score (nSPS) is 20.8. The van der Waals surface area contributed by atoms with Crippen molar-refractivity contribution in [2.75, 3.05) is 38.1 Å². The Morgan fingerprint density at radius 3 is 2.47 bits per heavy atom. The molecule has 0 N–H and O–H groups in total. The number of nitrogens with zero attached hydrogens (tertiary/aromatic N) is 2. The highest BCUT2D eigenvalue weighted by atomic mass is 15.2. The lowest BCUT2D eigenvalue weighted by Crippen LogP contribution is -2.44. The van der Waals surface area contributed by atoms with Crippen molar-refractivity contribution < 1.29 is 0 Å². The van der Waals surface area contributed by atoms with E-state index in [0.717, 1.165) is 19.0 Å². The fourth-order valence-corrected chi connectivity index (χ4v) is 2.99. The molecule has 0 aromatic heterocycles. The Labute approximate surface area is 117 Å². The highest BCUT2D eigenvalue weighted by Gasteiger charge is 2.21. The number of likely N-dealkylation sites (N-methyl/N-ethyl adjacent to an activating group) is 1. The molecule has 104 valence electrons. The van der Waals surface area contributed by atoms with Crippen LogP contribution < -0.4 is 4.90 Å². The van der Waals surface area contributed by atoms with Crippen LogP contribution >= 0.6 is 0 Å². The molecule has 2 heteroatoms. The standard InChI is InChI=1S/C17H26N2/c1-14-13-17(19-11-9-18(2)10-12-19)8-7-16(14)6-5-15-3-4-15/h7-8,13,15H,3-6,9-12H2,1-2H3. The molecule has 1 aromatic rings. The molecular formula is C17H26N2. The average Bonchev–Trinajstić information content (AvgIpc) is 3.22. The summed E-state index contributed by atoms with van der Waals surface area (Å²) in [6.07, 6.45) is 5.62. The molecule has 3 rings (SSSR count). The Morgan fingerprint density at radius 2 is 1.84 bits per heavy atom. The first-order chi connectivity index (χ1) is 9.22. The quantitative estimate of drug-likeness (QED) is 0.819. The van der Waals surface area contributed by atoms with Gasteiger partial charge in [-0.2, -0.15) is 0 Å². The number of anilines is 1. The van der Waals surface area contributed by atoms with Crippen molar-refractivity contribution in [3.8, 4) is 0 Å². The Balaban J connectivity index is 1.64. The van der Waals surface area contributed by atoms with Gasteiger partial charge in [-0.1, -0.05) is 18.9 Å². The molecule has 1 aliphatic heterocycles. The lowest BCUT2D eigenvalue weighted by atomic mass is 10.0. The predicted octanol–water partition coefficient (Wildman–Crippen LogP) is 3.09. The number of aryl methyl sites for hydroxylation is 2. The number of hydrogen-bond acceptors (Lipinski definition) is 2. The van der Waals surface area contributed by atoms with E-state index >= 15 is 0 Å². The van der Waals surface area contributed by atoms with Gasteiger partial charge in [-0.3, -0.25) is 0 Å². The van der Waals surface area contributed by atoms with Gasteiger partial charge in [0.2, 0.25) is 0 Å². The van der Waals surface area contributed by atoms with Gasteiger partial charge < -0.3 is 9.80 Å². The monoisotopic (exact) mass is 258 g/mol. The molecule has 2 nitrogen and oxygen atoms in total. The first kappa shape index (κ1) is 13.0. The zero-order chi connectivity index (χ0) is 13.2. The first-order valence-electron chi connectivity index (χ1n) is 7.75. The summed E-state index contributed by atoms with van der Waals surface area (Å²) in [4.78, 5) is 4.94. The summed E-state index contributed by atoms with van der Waals surface area (Å²) in [5, 5.41) is 0. The molecule has 1 heterocycles. The third-order valence-electron chi connectivity index (χ3n) is 4.71. The molecule has 1 aliphatic carbocycles. The largest absolute Gasteiger partial charge is 0.369 e. The first-order valence-corrected chi connectivity index (χ1v) is 7.75. The van der Waals surface area contributed by atoms with Crippen molar-refractivity contribution in [3.05, 3.63) is 29.3 Å². The van der Waals surface area contributed by atoms with Gasteiger partial charge in [-0.05, 0) is 56.0 Å². The van der Waals surface area contributed by atoms with E-state index < -0.39 is 0 Å². The lowest BCUT2D eigenvalue weighted by molar-refractivity contribution is 0.313. The molecule has 2 fully saturated rings. The lowest BCUT2D eigenvalue weighted by Gasteiger charge is -2.34. The summed E-state index contributed by atoms with van der Waals surface area (Å²) < 4.78 is 0. The summed E-state index contributed by atoms with van der Waals surface area (Å²) in [6.45, 7) is 6.97. The van der Waals surface area contributed by atoms with Gasteiger partial charge in [-0.25, -0.2) is 0 Å². The summed E-state index contributed by atoms with van der Waals surface area (Å²) in [5.41, 5.74) is 4.46. The fourth-order valence-electron chi connectivity index (χ4n) is 2.99. The molecular weight excluding hydrogens is 232 g/mol. The summed E-state index contributed by atoms with van der Waals surface area (Å²) in [6, 6.07) is 7.10. The van der Waals surface area contributed by atoms with Crippen LogP contribution in [0.1, 0.15) is 30.4 Å². The van der Waals surface area contributed by atoms with Gasteiger partial charge in [0.1, 0.15) is 0 Å². The van der Waals surface area contributed by atoms with Gasteiger partial charge in [0.05, 0.1) is 0 Å². The maximum atomic E-state index is 2.53. The van der Waals surface area contributed by atoms with E-state index in [2.05, 4.69) is 42.0 Å². The third-order valence-corrected chi connectivity index (χ3v) is 4.71. The van der Waals surface area contributed by atoms with Crippen molar-refractivity contribution in [1.29, 1.82) is 0 Å². The van der Waals surface area contributed by atoms with Crippen LogP contribution in [0.5, 0.6) is 0 Å². The van der Waals surface area contributed by atoms with Gasteiger partial charge in [0, 0.05) is 31.9 Å². The number of piperazine rings is 1. The highest BCUT2D eigenvalue weighted by molar-refractivity contribution is 5.51. The summed E-state index contributed by atoms with van der Waals surface area (Å²) >= 11 is 0. The molecule has 2 aliphatic rings. The van der Waals surface area contributed by atoms with Crippen LogP contribution in [0.4, 0.5) is 5.69 Å². The van der Waals surface area contributed by atoms with E-state index in [1.165, 1.54) is 50.0 Å². The molecule has 1 aromatic carbocycles. The van der Waals surface area contributed by atoms with Crippen LogP contribution in [0.15, 0.2) is 18.2 Å². The second kappa shape index (κ2) is 5.54. The molecule has 19 heavy (non-hydrogen) atoms. The van der Waals surface area contributed by atoms with E-state index in [1.54, 1.807) is 5.56 Å². The minimum Gasteiger partial charge on any atom is -0.369 e. The van der Waals surface area contributed by atoms with Crippen LogP contribution in [-0.2, 0) is 6.42 Å².